The molecule has 0 radical (unpaired) electrons. The molecule has 1 heterocycles. The van der Waals surface area contributed by atoms with Crippen LogP contribution in [0.15, 0.2) is 72.8 Å². The van der Waals surface area contributed by atoms with Gasteiger partial charge >= 0.3 is 6.03 Å². The van der Waals surface area contributed by atoms with E-state index in [1.54, 1.807) is 0 Å². The quantitative estimate of drug-likeness (QED) is 0.538. The van der Waals surface area contributed by atoms with Crippen LogP contribution in [0.3, 0.4) is 0 Å². The molecule has 32 heavy (non-hydrogen) atoms. The number of carbonyl (C=O) groups excluding carboxylic acids is 2. The highest BCUT2D eigenvalue weighted by Crippen LogP contribution is 2.24. The first-order chi connectivity index (χ1) is 15.3. The smallest absolute Gasteiger partial charge is 0.323 e. The summed E-state index contributed by atoms with van der Waals surface area (Å²) in [7, 11) is 0. The van der Waals surface area contributed by atoms with Crippen LogP contribution in [0, 0.1) is 0 Å². The van der Waals surface area contributed by atoms with Crippen molar-refractivity contribution in [2.24, 2.45) is 0 Å². The van der Waals surface area contributed by atoms with Gasteiger partial charge in [0.05, 0.1) is 0 Å². The number of fused-ring (bicyclic) bond motifs is 1. The second-order valence-electron chi connectivity index (χ2n) is 9.24. The van der Waals surface area contributed by atoms with Crippen LogP contribution in [-0.2, 0) is 18.4 Å². The standard InChI is InChI=1S/C27H29N3O2/c1-27(2,3)21-10-14-23(15-11-21)29-26(32)28-22-12-8-19(9-13-22)16-17-30-18-20-6-4-5-7-24(20)25(30)31/h4-15H,16-18H2,1-3H3,(H2,28,29,32). The Morgan fingerprint density at radius 3 is 2.06 bits per heavy atom. The average Bonchev–Trinajstić information content (AvgIpc) is 3.09. The molecule has 1 aliphatic rings. The van der Waals surface area contributed by atoms with Crippen molar-refractivity contribution in [1.82, 2.24) is 4.90 Å². The largest absolute Gasteiger partial charge is 0.334 e. The Balaban J connectivity index is 1.27. The average molecular weight is 428 g/mol. The predicted octanol–water partition coefficient (Wildman–Crippen LogP) is 5.83. The van der Waals surface area contributed by atoms with E-state index in [0.29, 0.717) is 13.1 Å². The van der Waals surface area contributed by atoms with Crippen molar-refractivity contribution in [3.05, 3.63) is 95.1 Å². The van der Waals surface area contributed by atoms with Crippen LogP contribution in [0.1, 0.15) is 47.8 Å². The molecular formula is C27H29N3O2. The minimum atomic E-state index is -0.276. The number of urea groups is 1. The number of rotatable bonds is 5. The van der Waals surface area contributed by atoms with Gasteiger partial charge in [0.2, 0.25) is 0 Å². The van der Waals surface area contributed by atoms with E-state index in [1.807, 2.05) is 77.7 Å². The third kappa shape index (κ3) is 4.99. The highest BCUT2D eigenvalue weighted by Gasteiger charge is 2.26. The first kappa shape index (κ1) is 21.6. The number of nitrogens with zero attached hydrogens (tertiary/aromatic N) is 1. The maximum absolute atomic E-state index is 12.5. The minimum absolute atomic E-state index is 0.0780. The molecule has 4 rings (SSSR count). The Kier molecular flexibility index (Phi) is 5.99. The summed E-state index contributed by atoms with van der Waals surface area (Å²) < 4.78 is 0. The normalized spacial score (nSPS) is 13.1. The van der Waals surface area contributed by atoms with Gasteiger partial charge in [-0.1, -0.05) is 63.2 Å². The number of amides is 3. The molecule has 5 nitrogen and oxygen atoms in total. The molecule has 1 aliphatic heterocycles. The second kappa shape index (κ2) is 8.87. The lowest BCUT2D eigenvalue weighted by Gasteiger charge is -2.19. The number of hydrogen-bond donors (Lipinski definition) is 2. The Labute approximate surface area is 189 Å². The van der Waals surface area contributed by atoms with Crippen molar-refractivity contribution in [2.45, 2.75) is 39.2 Å². The number of anilines is 2. The van der Waals surface area contributed by atoms with Gasteiger partial charge in [-0.05, 0) is 58.9 Å². The Morgan fingerprint density at radius 2 is 1.47 bits per heavy atom. The van der Waals surface area contributed by atoms with Crippen molar-refractivity contribution >= 4 is 23.3 Å². The van der Waals surface area contributed by atoms with Gasteiger partial charge in [0.15, 0.2) is 0 Å². The van der Waals surface area contributed by atoms with Gasteiger partial charge in [0.25, 0.3) is 5.91 Å². The van der Waals surface area contributed by atoms with E-state index in [0.717, 1.165) is 34.5 Å². The maximum atomic E-state index is 12.5. The topological polar surface area (TPSA) is 61.4 Å². The molecule has 0 bridgehead atoms. The fourth-order valence-electron chi connectivity index (χ4n) is 3.86. The van der Waals surface area contributed by atoms with Gasteiger partial charge in [0, 0.05) is 30.0 Å². The summed E-state index contributed by atoms with van der Waals surface area (Å²) in [6.45, 7) is 7.83. The van der Waals surface area contributed by atoms with E-state index in [-0.39, 0.29) is 17.4 Å². The molecule has 164 valence electrons. The lowest BCUT2D eigenvalue weighted by Crippen LogP contribution is -2.26. The molecule has 5 heteroatoms. The van der Waals surface area contributed by atoms with Crippen molar-refractivity contribution in [3.8, 4) is 0 Å². The summed E-state index contributed by atoms with van der Waals surface area (Å²) in [6, 6.07) is 23.2. The van der Waals surface area contributed by atoms with Crippen molar-refractivity contribution in [3.63, 3.8) is 0 Å². The van der Waals surface area contributed by atoms with Crippen LogP contribution in [-0.4, -0.2) is 23.4 Å². The minimum Gasteiger partial charge on any atom is -0.334 e. The maximum Gasteiger partial charge on any atom is 0.323 e. The molecule has 0 aromatic heterocycles. The Morgan fingerprint density at radius 1 is 0.875 bits per heavy atom. The van der Waals surface area contributed by atoms with Crippen molar-refractivity contribution in [1.29, 1.82) is 0 Å². The molecule has 0 aliphatic carbocycles. The van der Waals surface area contributed by atoms with Gasteiger partial charge in [0.1, 0.15) is 0 Å². The number of benzene rings is 3. The molecule has 2 N–H and O–H groups in total. The molecule has 3 aromatic rings. The summed E-state index contributed by atoms with van der Waals surface area (Å²) in [5, 5.41) is 5.73. The lowest BCUT2D eigenvalue weighted by molar-refractivity contribution is 0.0780. The fourth-order valence-corrected chi connectivity index (χ4v) is 3.86. The summed E-state index contributed by atoms with van der Waals surface area (Å²) in [5.41, 5.74) is 5.80. The summed E-state index contributed by atoms with van der Waals surface area (Å²) >= 11 is 0. The zero-order chi connectivity index (χ0) is 22.7. The third-order valence-electron chi connectivity index (χ3n) is 5.79. The van der Waals surface area contributed by atoms with E-state index in [1.165, 1.54) is 5.56 Å². The molecular weight excluding hydrogens is 398 g/mol. The molecule has 0 saturated carbocycles. The van der Waals surface area contributed by atoms with Crippen LogP contribution in [0.5, 0.6) is 0 Å². The van der Waals surface area contributed by atoms with Crippen LogP contribution < -0.4 is 10.6 Å². The summed E-state index contributed by atoms with van der Waals surface area (Å²) in [4.78, 5) is 26.7. The molecule has 3 amide bonds. The predicted molar refractivity (Wildman–Crippen MR) is 129 cm³/mol. The zero-order valence-electron chi connectivity index (χ0n) is 18.8. The number of carbonyl (C=O) groups is 2. The van der Waals surface area contributed by atoms with E-state index in [4.69, 9.17) is 0 Å². The fraction of sp³-hybridized carbons (Fsp3) is 0.259. The van der Waals surface area contributed by atoms with E-state index in [9.17, 15) is 9.59 Å². The number of nitrogens with one attached hydrogen (secondary N) is 2. The van der Waals surface area contributed by atoms with Gasteiger partial charge in [-0.15, -0.1) is 0 Å². The van der Waals surface area contributed by atoms with E-state index in [2.05, 4.69) is 31.4 Å². The van der Waals surface area contributed by atoms with Crippen molar-refractivity contribution < 1.29 is 9.59 Å². The second-order valence-corrected chi connectivity index (χ2v) is 9.24. The Bertz CT molecular complexity index is 1110. The van der Waals surface area contributed by atoms with Crippen LogP contribution in [0.2, 0.25) is 0 Å². The molecule has 0 atom stereocenters. The van der Waals surface area contributed by atoms with Gasteiger partial charge in [-0.25, -0.2) is 4.79 Å². The highest BCUT2D eigenvalue weighted by molar-refractivity contribution is 6.00. The van der Waals surface area contributed by atoms with Crippen LogP contribution >= 0.6 is 0 Å². The van der Waals surface area contributed by atoms with E-state index >= 15 is 0 Å². The summed E-state index contributed by atoms with van der Waals surface area (Å²) in [5.74, 6) is 0.103. The first-order valence-electron chi connectivity index (χ1n) is 10.9. The van der Waals surface area contributed by atoms with Gasteiger partial charge in [-0.2, -0.15) is 0 Å². The van der Waals surface area contributed by atoms with E-state index < -0.39 is 0 Å². The van der Waals surface area contributed by atoms with Gasteiger partial charge in [-0.3, -0.25) is 4.79 Å². The van der Waals surface area contributed by atoms with Crippen LogP contribution in [0.4, 0.5) is 16.2 Å². The summed E-state index contributed by atoms with van der Waals surface area (Å²) in [6.07, 6.45) is 0.770. The Hall–Kier alpha value is -3.60. The monoisotopic (exact) mass is 427 g/mol. The van der Waals surface area contributed by atoms with Crippen molar-refractivity contribution in [2.75, 3.05) is 17.2 Å². The highest BCUT2D eigenvalue weighted by atomic mass is 16.2. The van der Waals surface area contributed by atoms with Gasteiger partial charge < -0.3 is 15.5 Å². The molecule has 0 saturated heterocycles. The molecule has 0 spiro atoms. The first-order valence-corrected chi connectivity index (χ1v) is 10.9. The molecule has 0 unspecified atom stereocenters. The van der Waals surface area contributed by atoms with Crippen LogP contribution in [0.25, 0.3) is 0 Å². The SMILES string of the molecule is CC(C)(C)c1ccc(NC(=O)Nc2ccc(CCN3Cc4ccccc4C3=O)cc2)cc1. The lowest BCUT2D eigenvalue weighted by atomic mass is 9.87. The molecule has 3 aromatic carbocycles. The third-order valence-corrected chi connectivity index (χ3v) is 5.79. The zero-order valence-corrected chi connectivity index (χ0v) is 18.8. The number of hydrogen-bond acceptors (Lipinski definition) is 2. The molecule has 0 fully saturated rings.